The van der Waals surface area contributed by atoms with Gasteiger partial charge in [-0.1, -0.05) is 17.7 Å². The van der Waals surface area contributed by atoms with E-state index in [0.29, 0.717) is 22.8 Å². The maximum atomic E-state index is 12.5. The van der Waals surface area contributed by atoms with Gasteiger partial charge in [0.2, 0.25) is 5.75 Å². The lowest BCUT2D eigenvalue weighted by atomic mass is 10.1. The topological polar surface area (TPSA) is 96.0 Å². The standard InChI is InChI=1S/C23H23ClN2O6S/c1-29-18-8-14(9-19(30-2)21(18)31-3)23(28)25-11-20(27)32-12-15-7-13-5-6-16(33-4)10-17(13)26-22(15)24/h5-10H,11-12H2,1-4H3,(H,25,28). The highest BCUT2D eigenvalue weighted by molar-refractivity contribution is 7.98. The number of fused-ring (bicyclic) bond motifs is 1. The molecule has 3 rings (SSSR count). The molecule has 8 nitrogen and oxygen atoms in total. The van der Waals surface area contributed by atoms with Gasteiger partial charge in [-0.15, -0.1) is 11.8 Å². The molecule has 0 atom stereocenters. The third kappa shape index (κ3) is 5.80. The summed E-state index contributed by atoms with van der Waals surface area (Å²) in [5, 5.41) is 3.66. The number of esters is 1. The first-order valence-electron chi connectivity index (χ1n) is 9.77. The average molecular weight is 491 g/mol. The number of nitrogens with zero attached hydrogens (tertiary/aromatic N) is 1. The van der Waals surface area contributed by atoms with Crippen LogP contribution in [0.25, 0.3) is 10.9 Å². The van der Waals surface area contributed by atoms with E-state index in [9.17, 15) is 9.59 Å². The molecule has 174 valence electrons. The van der Waals surface area contributed by atoms with Gasteiger partial charge in [-0.3, -0.25) is 9.59 Å². The highest BCUT2D eigenvalue weighted by Gasteiger charge is 2.18. The van der Waals surface area contributed by atoms with E-state index in [-0.39, 0.29) is 23.9 Å². The van der Waals surface area contributed by atoms with Crippen LogP contribution in [0.3, 0.4) is 0 Å². The third-order valence-corrected chi connectivity index (χ3v) is 5.81. The van der Waals surface area contributed by atoms with Crippen LogP contribution < -0.4 is 19.5 Å². The Morgan fingerprint density at radius 1 is 1.03 bits per heavy atom. The second kappa shape index (κ2) is 11.1. The van der Waals surface area contributed by atoms with E-state index < -0.39 is 11.9 Å². The minimum absolute atomic E-state index is 0.0645. The predicted octanol–water partition coefficient (Wildman–Crippen LogP) is 4.11. The number of carbonyl (C=O) groups is 2. The van der Waals surface area contributed by atoms with Gasteiger partial charge in [0.1, 0.15) is 18.3 Å². The van der Waals surface area contributed by atoms with Crippen molar-refractivity contribution in [2.24, 2.45) is 0 Å². The molecule has 0 aliphatic rings. The number of nitrogens with one attached hydrogen (secondary N) is 1. The first-order chi connectivity index (χ1) is 15.9. The molecule has 0 spiro atoms. The van der Waals surface area contributed by atoms with E-state index in [1.165, 1.54) is 33.5 Å². The zero-order valence-electron chi connectivity index (χ0n) is 18.6. The zero-order valence-corrected chi connectivity index (χ0v) is 20.1. The maximum absolute atomic E-state index is 12.5. The van der Waals surface area contributed by atoms with Crippen molar-refractivity contribution in [1.82, 2.24) is 10.3 Å². The van der Waals surface area contributed by atoms with Crippen molar-refractivity contribution in [3.8, 4) is 17.2 Å². The van der Waals surface area contributed by atoms with Crippen molar-refractivity contribution in [2.75, 3.05) is 34.1 Å². The van der Waals surface area contributed by atoms with Gasteiger partial charge in [-0.2, -0.15) is 0 Å². The highest BCUT2D eigenvalue weighted by atomic mass is 35.5. The number of pyridine rings is 1. The molecule has 0 aliphatic carbocycles. The summed E-state index contributed by atoms with van der Waals surface area (Å²) < 4.78 is 21.0. The molecule has 0 radical (unpaired) electrons. The summed E-state index contributed by atoms with van der Waals surface area (Å²) in [6.07, 6.45) is 1.98. The number of halogens is 1. The van der Waals surface area contributed by atoms with Crippen LogP contribution in [0, 0.1) is 0 Å². The van der Waals surface area contributed by atoms with Crippen molar-refractivity contribution in [3.05, 3.63) is 52.7 Å². The van der Waals surface area contributed by atoms with Crippen molar-refractivity contribution in [2.45, 2.75) is 11.5 Å². The molecule has 0 fully saturated rings. The van der Waals surface area contributed by atoms with Crippen LogP contribution in [0.1, 0.15) is 15.9 Å². The molecule has 0 saturated carbocycles. The molecule has 1 amide bonds. The summed E-state index contributed by atoms with van der Waals surface area (Å²) >= 11 is 7.87. The number of ether oxygens (including phenoxy) is 4. The molecule has 0 bridgehead atoms. The lowest BCUT2D eigenvalue weighted by Gasteiger charge is -2.14. The summed E-state index contributed by atoms with van der Waals surface area (Å²) in [5.74, 6) is -0.104. The Morgan fingerprint density at radius 2 is 1.73 bits per heavy atom. The minimum Gasteiger partial charge on any atom is -0.493 e. The van der Waals surface area contributed by atoms with Crippen LogP contribution in [0.2, 0.25) is 5.15 Å². The molecule has 1 heterocycles. The first-order valence-corrected chi connectivity index (χ1v) is 11.4. The molecule has 33 heavy (non-hydrogen) atoms. The SMILES string of the molecule is COc1cc(C(=O)NCC(=O)OCc2cc3ccc(SC)cc3nc2Cl)cc(OC)c1OC. The number of amides is 1. The third-order valence-electron chi connectivity index (χ3n) is 4.76. The van der Waals surface area contributed by atoms with Gasteiger partial charge in [0.15, 0.2) is 11.5 Å². The molecule has 0 saturated heterocycles. The monoisotopic (exact) mass is 490 g/mol. The fourth-order valence-corrected chi connectivity index (χ4v) is 3.71. The summed E-state index contributed by atoms with van der Waals surface area (Å²) in [7, 11) is 4.37. The van der Waals surface area contributed by atoms with E-state index >= 15 is 0 Å². The van der Waals surface area contributed by atoms with Crippen molar-refractivity contribution >= 4 is 46.1 Å². The van der Waals surface area contributed by atoms with Crippen LogP contribution in [-0.2, 0) is 16.1 Å². The fourth-order valence-electron chi connectivity index (χ4n) is 3.07. The Balaban J connectivity index is 1.62. The van der Waals surface area contributed by atoms with E-state index in [0.717, 1.165) is 15.8 Å². The molecule has 1 N–H and O–H groups in total. The Labute approximate surface area is 200 Å². The van der Waals surface area contributed by atoms with Gasteiger partial charge >= 0.3 is 5.97 Å². The zero-order chi connectivity index (χ0) is 24.0. The number of aromatic nitrogens is 1. The molecule has 1 aromatic heterocycles. The summed E-state index contributed by atoms with van der Waals surface area (Å²) in [4.78, 5) is 30.1. The number of hydrogen-bond acceptors (Lipinski definition) is 8. The lowest BCUT2D eigenvalue weighted by molar-refractivity contribution is -0.143. The van der Waals surface area contributed by atoms with E-state index in [1.54, 1.807) is 11.8 Å². The van der Waals surface area contributed by atoms with Crippen molar-refractivity contribution < 1.29 is 28.5 Å². The molecular weight excluding hydrogens is 468 g/mol. The molecular formula is C23H23ClN2O6S. The van der Waals surface area contributed by atoms with Gasteiger partial charge in [-0.05, 0) is 36.6 Å². The highest BCUT2D eigenvalue weighted by Crippen LogP contribution is 2.38. The Kier molecular flexibility index (Phi) is 8.24. The Hall–Kier alpha value is -3.17. The van der Waals surface area contributed by atoms with E-state index in [2.05, 4.69) is 10.3 Å². The van der Waals surface area contributed by atoms with E-state index in [1.807, 2.05) is 30.5 Å². The van der Waals surface area contributed by atoms with Crippen molar-refractivity contribution in [3.63, 3.8) is 0 Å². The van der Waals surface area contributed by atoms with E-state index in [4.69, 9.17) is 30.5 Å². The lowest BCUT2D eigenvalue weighted by Crippen LogP contribution is -2.30. The van der Waals surface area contributed by atoms with Gasteiger partial charge in [-0.25, -0.2) is 4.98 Å². The largest absolute Gasteiger partial charge is 0.493 e. The molecule has 0 aliphatic heterocycles. The quantitative estimate of drug-likeness (QED) is 0.272. The molecule has 2 aromatic carbocycles. The smallest absolute Gasteiger partial charge is 0.325 e. The van der Waals surface area contributed by atoms with Gasteiger partial charge in [0.05, 0.1) is 26.8 Å². The van der Waals surface area contributed by atoms with Crippen LogP contribution in [0.5, 0.6) is 17.2 Å². The van der Waals surface area contributed by atoms with Crippen LogP contribution in [-0.4, -0.2) is 51.0 Å². The predicted molar refractivity (Wildman–Crippen MR) is 127 cm³/mol. The fraction of sp³-hybridized carbons (Fsp3) is 0.261. The molecule has 3 aromatic rings. The number of benzene rings is 2. The number of carbonyl (C=O) groups excluding carboxylic acids is 2. The van der Waals surface area contributed by atoms with Gasteiger partial charge < -0.3 is 24.3 Å². The number of thioether (sulfide) groups is 1. The molecule has 0 unspecified atom stereocenters. The normalized spacial score (nSPS) is 10.6. The molecule has 10 heteroatoms. The van der Waals surface area contributed by atoms with Crippen LogP contribution in [0.4, 0.5) is 0 Å². The van der Waals surface area contributed by atoms with Crippen LogP contribution in [0.15, 0.2) is 41.3 Å². The van der Waals surface area contributed by atoms with Crippen molar-refractivity contribution in [1.29, 1.82) is 0 Å². The van der Waals surface area contributed by atoms with Gasteiger partial charge in [0, 0.05) is 21.4 Å². The maximum Gasteiger partial charge on any atom is 0.325 e. The summed E-state index contributed by atoms with van der Waals surface area (Å²) in [6, 6.07) is 10.7. The minimum atomic E-state index is -0.621. The summed E-state index contributed by atoms with van der Waals surface area (Å²) in [6.45, 7) is -0.393. The second-order valence-electron chi connectivity index (χ2n) is 6.75. The second-order valence-corrected chi connectivity index (χ2v) is 7.99. The number of hydrogen-bond donors (Lipinski definition) is 1. The average Bonchev–Trinajstić information content (AvgIpc) is 2.84. The number of rotatable bonds is 9. The Bertz CT molecular complexity index is 1160. The summed E-state index contributed by atoms with van der Waals surface area (Å²) in [5.41, 5.74) is 1.58. The Morgan fingerprint density at radius 3 is 2.33 bits per heavy atom. The number of methoxy groups -OCH3 is 3. The van der Waals surface area contributed by atoms with Gasteiger partial charge in [0.25, 0.3) is 5.91 Å². The van der Waals surface area contributed by atoms with Crippen LogP contribution >= 0.6 is 23.4 Å². The first kappa shape index (κ1) is 24.5.